The highest BCUT2D eigenvalue weighted by Gasteiger charge is 2.17. The Balaban J connectivity index is 1.95. The standard InChI is InChI=1S/C25H28N4O2/c1-15(2)11-17(26)14-31-23-13-22-19(12-20(23)21-7-5-6-9-28-21)18-8-10-27-16(3)24(18)25(30)29(22)4/h5-10,12-13,15,17H,11,14,26H2,1-4H3/t17-/m0/s1. The van der Waals surface area contributed by atoms with Crippen molar-refractivity contribution in [1.29, 1.82) is 0 Å². The maximum Gasteiger partial charge on any atom is 0.260 e. The lowest BCUT2D eigenvalue weighted by atomic mass is 10.0. The Morgan fingerprint density at radius 1 is 1.10 bits per heavy atom. The van der Waals surface area contributed by atoms with Crippen LogP contribution in [0, 0.1) is 12.8 Å². The minimum atomic E-state index is -0.0684. The number of aromatic nitrogens is 3. The monoisotopic (exact) mass is 416 g/mol. The van der Waals surface area contributed by atoms with Crippen LogP contribution in [0.5, 0.6) is 5.75 Å². The summed E-state index contributed by atoms with van der Waals surface area (Å²) >= 11 is 0. The fourth-order valence-electron chi connectivity index (χ4n) is 4.11. The van der Waals surface area contributed by atoms with Crippen LogP contribution in [-0.4, -0.2) is 27.2 Å². The first kappa shape index (κ1) is 21.0. The van der Waals surface area contributed by atoms with Crippen molar-refractivity contribution in [1.82, 2.24) is 14.5 Å². The van der Waals surface area contributed by atoms with Crippen molar-refractivity contribution in [3.8, 4) is 17.0 Å². The van der Waals surface area contributed by atoms with E-state index in [1.807, 2.05) is 37.3 Å². The first-order valence-electron chi connectivity index (χ1n) is 10.6. The zero-order valence-electron chi connectivity index (χ0n) is 18.4. The van der Waals surface area contributed by atoms with Gasteiger partial charge in [0.1, 0.15) is 12.4 Å². The molecule has 3 heterocycles. The summed E-state index contributed by atoms with van der Waals surface area (Å²) in [7, 11) is 1.78. The predicted octanol–water partition coefficient (Wildman–Crippen LogP) is 4.21. The summed E-state index contributed by atoms with van der Waals surface area (Å²) in [6, 6.07) is 11.6. The molecule has 160 valence electrons. The lowest BCUT2D eigenvalue weighted by molar-refractivity contribution is 0.272. The number of fused-ring (bicyclic) bond motifs is 3. The van der Waals surface area contributed by atoms with Crippen molar-refractivity contribution in [3.05, 3.63) is 64.8 Å². The molecule has 0 amide bonds. The Morgan fingerprint density at radius 3 is 2.61 bits per heavy atom. The molecule has 6 nitrogen and oxygen atoms in total. The van der Waals surface area contributed by atoms with Gasteiger partial charge < -0.3 is 15.0 Å². The summed E-state index contributed by atoms with van der Waals surface area (Å²) in [4.78, 5) is 21.9. The third-order valence-electron chi connectivity index (χ3n) is 5.58. The molecule has 31 heavy (non-hydrogen) atoms. The van der Waals surface area contributed by atoms with E-state index in [4.69, 9.17) is 10.5 Å². The van der Waals surface area contributed by atoms with E-state index in [0.717, 1.165) is 39.7 Å². The van der Waals surface area contributed by atoms with E-state index in [0.29, 0.717) is 23.7 Å². The smallest absolute Gasteiger partial charge is 0.260 e. The van der Waals surface area contributed by atoms with Crippen molar-refractivity contribution in [2.75, 3.05) is 6.61 Å². The van der Waals surface area contributed by atoms with Crippen LogP contribution >= 0.6 is 0 Å². The highest BCUT2D eigenvalue weighted by molar-refractivity contribution is 6.08. The molecule has 0 fully saturated rings. The fraction of sp³-hybridized carbons (Fsp3) is 0.320. The van der Waals surface area contributed by atoms with Crippen molar-refractivity contribution < 1.29 is 4.74 Å². The van der Waals surface area contributed by atoms with Crippen LogP contribution in [0.1, 0.15) is 26.0 Å². The minimum absolute atomic E-state index is 0.0681. The van der Waals surface area contributed by atoms with E-state index >= 15 is 0 Å². The molecule has 1 atom stereocenters. The number of benzene rings is 1. The third-order valence-corrected chi connectivity index (χ3v) is 5.58. The van der Waals surface area contributed by atoms with Gasteiger partial charge in [-0.05, 0) is 48.9 Å². The van der Waals surface area contributed by atoms with E-state index in [-0.39, 0.29) is 11.6 Å². The van der Waals surface area contributed by atoms with Gasteiger partial charge in [-0.1, -0.05) is 19.9 Å². The van der Waals surface area contributed by atoms with Gasteiger partial charge in [-0.15, -0.1) is 0 Å². The van der Waals surface area contributed by atoms with Gasteiger partial charge in [0.2, 0.25) is 0 Å². The van der Waals surface area contributed by atoms with E-state index in [2.05, 4.69) is 29.9 Å². The highest BCUT2D eigenvalue weighted by atomic mass is 16.5. The molecule has 0 spiro atoms. The first-order chi connectivity index (χ1) is 14.9. The van der Waals surface area contributed by atoms with Crippen molar-refractivity contribution in [2.24, 2.45) is 18.7 Å². The Kier molecular flexibility index (Phi) is 5.74. The van der Waals surface area contributed by atoms with E-state index < -0.39 is 0 Å². The molecule has 2 N–H and O–H groups in total. The topological polar surface area (TPSA) is 83.0 Å². The van der Waals surface area contributed by atoms with Crippen LogP contribution in [0.2, 0.25) is 0 Å². The van der Waals surface area contributed by atoms with Gasteiger partial charge in [-0.25, -0.2) is 0 Å². The largest absolute Gasteiger partial charge is 0.491 e. The Labute approximate surface area is 181 Å². The number of pyridine rings is 3. The van der Waals surface area contributed by atoms with Crippen molar-refractivity contribution in [2.45, 2.75) is 33.2 Å². The van der Waals surface area contributed by atoms with Crippen LogP contribution in [0.3, 0.4) is 0 Å². The Morgan fingerprint density at radius 2 is 1.90 bits per heavy atom. The molecule has 4 rings (SSSR count). The molecule has 3 aromatic heterocycles. The van der Waals surface area contributed by atoms with Crippen LogP contribution < -0.4 is 16.0 Å². The van der Waals surface area contributed by atoms with Gasteiger partial charge in [-0.2, -0.15) is 0 Å². The quantitative estimate of drug-likeness (QED) is 0.476. The van der Waals surface area contributed by atoms with Gasteiger partial charge in [0.25, 0.3) is 5.56 Å². The SMILES string of the molecule is Cc1nccc2c1c(=O)n(C)c1cc(OC[C@@H](N)CC(C)C)c(-c3ccccn3)cc21. The second-order valence-electron chi connectivity index (χ2n) is 8.46. The molecule has 6 heteroatoms. The summed E-state index contributed by atoms with van der Waals surface area (Å²) in [5.74, 6) is 1.17. The number of ether oxygens (including phenoxy) is 1. The molecule has 0 saturated carbocycles. The number of rotatable bonds is 6. The summed E-state index contributed by atoms with van der Waals surface area (Å²) in [5, 5.41) is 2.48. The zero-order chi connectivity index (χ0) is 22.1. The van der Waals surface area contributed by atoms with Crippen molar-refractivity contribution >= 4 is 21.7 Å². The van der Waals surface area contributed by atoms with Gasteiger partial charge in [0.05, 0.1) is 22.3 Å². The van der Waals surface area contributed by atoms with Gasteiger partial charge in [0, 0.05) is 42.5 Å². The second kappa shape index (κ2) is 8.47. The summed E-state index contributed by atoms with van der Waals surface area (Å²) in [6.45, 7) is 6.55. The average molecular weight is 417 g/mol. The minimum Gasteiger partial charge on any atom is -0.491 e. The predicted molar refractivity (Wildman–Crippen MR) is 125 cm³/mol. The molecule has 0 radical (unpaired) electrons. The molecule has 4 aromatic rings. The molecule has 1 aromatic carbocycles. The van der Waals surface area contributed by atoms with Gasteiger partial charge in [0.15, 0.2) is 0 Å². The van der Waals surface area contributed by atoms with Crippen molar-refractivity contribution in [3.63, 3.8) is 0 Å². The van der Waals surface area contributed by atoms with Crippen LogP contribution in [0.4, 0.5) is 0 Å². The molecule has 0 aliphatic rings. The van der Waals surface area contributed by atoms with Gasteiger partial charge in [-0.3, -0.25) is 14.8 Å². The molecular weight excluding hydrogens is 388 g/mol. The van der Waals surface area contributed by atoms with E-state index in [1.165, 1.54) is 0 Å². The zero-order valence-corrected chi connectivity index (χ0v) is 18.4. The average Bonchev–Trinajstić information content (AvgIpc) is 2.75. The number of nitrogens with zero attached hydrogens (tertiary/aromatic N) is 3. The normalized spacial score (nSPS) is 12.6. The molecular formula is C25H28N4O2. The lowest BCUT2D eigenvalue weighted by Gasteiger charge is -2.19. The van der Waals surface area contributed by atoms with Crippen LogP contribution in [0.25, 0.3) is 32.9 Å². The highest BCUT2D eigenvalue weighted by Crippen LogP contribution is 2.35. The number of hydrogen-bond acceptors (Lipinski definition) is 5. The number of aryl methyl sites for hydroxylation is 2. The lowest BCUT2D eigenvalue weighted by Crippen LogP contribution is -2.29. The third kappa shape index (κ3) is 4.03. The molecule has 0 unspecified atom stereocenters. The number of nitrogens with two attached hydrogens (primary N) is 1. The van der Waals surface area contributed by atoms with Crippen LogP contribution in [-0.2, 0) is 7.05 Å². The summed E-state index contributed by atoms with van der Waals surface area (Å²) in [6.07, 6.45) is 4.38. The number of hydrogen-bond donors (Lipinski definition) is 1. The maximum absolute atomic E-state index is 13.1. The molecule has 0 aliphatic carbocycles. The maximum atomic E-state index is 13.1. The Bertz CT molecular complexity index is 1300. The summed E-state index contributed by atoms with van der Waals surface area (Å²) in [5.41, 5.74) is 9.40. The first-order valence-corrected chi connectivity index (χ1v) is 10.6. The summed E-state index contributed by atoms with van der Waals surface area (Å²) < 4.78 is 7.86. The Hall–Kier alpha value is -3.25. The molecule has 0 aliphatic heterocycles. The fourth-order valence-corrected chi connectivity index (χ4v) is 4.11. The van der Waals surface area contributed by atoms with Gasteiger partial charge >= 0.3 is 0 Å². The molecule has 0 saturated heterocycles. The molecule has 0 bridgehead atoms. The van der Waals surface area contributed by atoms with E-state index in [9.17, 15) is 4.79 Å². The van der Waals surface area contributed by atoms with Crippen LogP contribution in [0.15, 0.2) is 53.6 Å². The van der Waals surface area contributed by atoms with E-state index in [1.54, 1.807) is 24.0 Å². The second-order valence-corrected chi connectivity index (χ2v) is 8.46.